The van der Waals surface area contributed by atoms with E-state index < -0.39 is 0 Å². The van der Waals surface area contributed by atoms with Crippen LogP contribution in [-0.4, -0.2) is 48.1 Å². The summed E-state index contributed by atoms with van der Waals surface area (Å²) in [5.74, 6) is 1.45. The van der Waals surface area contributed by atoms with Crippen molar-refractivity contribution in [2.45, 2.75) is 0 Å². The summed E-state index contributed by atoms with van der Waals surface area (Å²) in [6.07, 6.45) is 0. The fourth-order valence-electron chi connectivity index (χ4n) is 3.22. The molecule has 1 saturated heterocycles. The maximum atomic E-state index is 9.14. The van der Waals surface area contributed by atoms with Gasteiger partial charge in [-0.25, -0.2) is 4.98 Å². The van der Waals surface area contributed by atoms with Gasteiger partial charge in [-0.1, -0.05) is 36.4 Å². The molecule has 1 fully saturated rings. The standard InChI is InChI=1S/C22H22N6/c1-27-10-12-28(13-11-27)22-25-20(18-7-3-2-4-8-18)15-21(26-22)24-19-9-5-6-17(14-19)16-23/h2-9,14-15H,10-13H2,1H3,(H,24,25,26). The van der Waals surface area contributed by atoms with Crippen LogP contribution in [0.2, 0.25) is 0 Å². The summed E-state index contributed by atoms with van der Waals surface area (Å²) < 4.78 is 0. The molecule has 0 amide bonds. The number of piperazine rings is 1. The number of benzene rings is 2. The molecular weight excluding hydrogens is 348 g/mol. The first kappa shape index (κ1) is 18.0. The molecule has 3 aromatic rings. The molecule has 0 atom stereocenters. The molecule has 140 valence electrons. The van der Waals surface area contributed by atoms with Crippen molar-refractivity contribution in [3.8, 4) is 17.3 Å². The van der Waals surface area contributed by atoms with E-state index in [2.05, 4.69) is 40.4 Å². The average molecular weight is 370 g/mol. The molecule has 6 heteroatoms. The Kier molecular flexibility index (Phi) is 5.18. The first-order valence-electron chi connectivity index (χ1n) is 9.36. The Labute approximate surface area is 165 Å². The Balaban J connectivity index is 1.70. The van der Waals surface area contributed by atoms with Crippen molar-refractivity contribution < 1.29 is 0 Å². The molecule has 6 nitrogen and oxygen atoms in total. The van der Waals surface area contributed by atoms with Crippen molar-refractivity contribution in [2.24, 2.45) is 0 Å². The van der Waals surface area contributed by atoms with Crippen LogP contribution >= 0.6 is 0 Å². The van der Waals surface area contributed by atoms with E-state index in [9.17, 15) is 0 Å². The van der Waals surface area contributed by atoms with Gasteiger partial charge in [0, 0.05) is 43.5 Å². The van der Waals surface area contributed by atoms with E-state index in [0.29, 0.717) is 5.56 Å². The number of nitrogens with one attached hydrogen (secondary N) is 1. The Morgan fingerprint density at radius 1 is 0.929 bits per heavy atom. The molecule has 0 aliphatic carbocycles. The molecule has 28 heavy (non-hydrogen) atoms. The topological polar surface area (TPSA) is 68.1 Å². The van der Waals surface area contributed by atoms with Crippen molar-refractivity contribution in [1.82, 2.24) is 14.9 Å². The van der Waals surface area contributed by atoms with E-state index in [0.717, 1.165) is 54.9 Å². The van der Waals surface area contributed by atoms with Crippen LogP contribution in [-0.2, 0) is 0 Å². The number of rotatable bonds is 4. The highest BCUT2D eigenvalue weighted by Gasteiger charge is 2.18. The largest absolute Gasteiger partial charge is 0.340 e. The summed E-state index contributed by atoms with van der Waals surface area (Å²) in [7, 11) is 2.13. The van der Waals surface area contributed by atoms with Gasteiger partial charge < -0.3 is 15.1 Å². The second-order valence-corrected chi connectivity index (χ2v) is 6.91. The molecule has 2 heterocycles. The smallest absolute Gasteiger partial charge is 0.227 e. The van der Waals surface area contributed by atoms with Gasteiger partial charge >= 0.3 is 0 Å². The van der Waals surface area contributed by atoms with Gasteiger partial charge in [-0.05, 0) is 25.2 Å². The van der Waals surface area contributed by atoms with E-state index in [1.54, 1.807) is 6.07 Å². The summed E-state index contributed by atoms with van der Waals surface area (Å²) in [6.45, 7) is 3.79. The second-order valence-electron chi connectivity index (χ2n) is 6.91. The highest BCUT2D eigenvalue weighted by molar-refractivity contribution is 5.68. The van der Waals surface area contributed by atoms with Crippen molar-refractivity contribution in [1.29, 1.82) is 5.26 Å². The van der Waals surface area contributed by atoms with Crippen LogP contribution in [0.25, 0.3) is 11.3 Å². The second kappa shape index (κ2) is 8.07. The summed E-state index contributed by atoms with van der Waals surface area (Å²) in [5, 5.41) is 12.5. The molecule has 1 aliphatic heterocycles. The highest BCUT2D eigenvalue weighted by Crippen LogP contribution is 2.25. The van der Waals surface area contributed by atoms with E-state index in [1.807, 2.05) is 42.5 Å². The molecule has 1 aliphatic rings. The Morgan fingerprint density at radius 3 is 2.46 bits per heavy atom. The predicted octanol–water partition coefficient (Wildman–Crippen LogP) is 3.51. The number of hydrogen-bond acceptors (Lipinski definition) is 6. The molecule has 2 aromatic carbocycles. The molecule has 0 radical (unpaired) electrons. The van der Waals surface area contributed by atoms with Crippen molar-refractivity contribution >= 4 is 17.5 Å². The molecule has 0 saturated carbocycles. The van der Waals surface area contributed by atoms with Gasteiger partial charge in [0.25, 0.3) is 0 Å². The minimum Gasteiger partial charge on any atom is -0.340 e. The fourth-order valence-corrected chi connectivity index (χ4v) is 3.22. The maximum Gasteiger partial charge on any atom is 0.227 e. The summed E-state index contributed by atoms with van der Waals surface area (Å²) >= 11 is 0. The molecule has 0 bridgehead atoms. The minimum absolute atomic E-state index is 0.613. The van der Waals surface area contributed by atoms with E-state index in [-0.39, 0.29) is 0 Å². The average Bonchev–Trinajstić information content (AvgIpc) is 2.75. The third-order valence-corrected chi connectivity index (χ3v) is 4.83. The molecule has 0 spiro atoms. The van der Waals surface area contributed by atoms with Crippen molar-refractivity contribution in [3.05, 3.63) is 66.2 Å². The number of nitrogens with zero attached hydrogens (tertiary/aromatic N) is 5. The van der Waals surface area contributed by atoms with E-state index in [1.165, 1.54) is 0 Å². The first-order chi connectivity index (χ1) is 13.7. The summed E-state index contributed by atoms with van der Waals surface area (Å²) in [4.78, 5) is 14.1. The molecule has 1 N–H and O–H groups in total. The van der Waals surface area contributed by atoms with Crippen LogP contribution in [0.3, 0.4) is 0 Å². The number of aromatic nitrogens is 2. The number of nitriles is 1. The quantitative estimate of drug-likeness (QED) is 0.758. The number of likely N-dealkylation sites (N-methyl/N-ethyl adjacent to an activating group) is 1. The van der Waals surface area contributed by atoms with Gasteiger partial charge in [0.15, 0.2) is 0 Å². The molecule has 1 aromatic heterocycles. The lowest BCUT2D eigenvalue weighted by Gasteiger charge is -2.32. The Hall–Kier alpha value is -3.43. The predicted molar refractivity (Wildman–Crippen MR) is 112 cm³/mol. The Morgan fingerprint density at radius 2 is 1.71 bits per heavy atom. The third kappa shape index (κ3) is 4.11. The van der Waals surface area contributed by atoms with Crippen molar-refractivity contribution in [3.63, 3.8) is 0 Å². The van der Waals surface area contributed by atoms with Crippen LogP contribution in [0.4, 0.5) is 17.5 Å². The first-order valence-corrected chi connectivity index (χ1v) is 9.36. The molecule has 4 rings (SSSR count). The maximum absolute atomic E-state index is 9.14. The van der Waals surface area contributed by atoms with Crippen LogP contribution in [0.15, 0.2) is 60.7 Å². The lowest BCUT2D eigenvalue weighted by molar-refractivity contribution is 0.311. The number of anilines is 3. The SMILES string of the molecule is CN1CCN(c2nc(Nc3cccc(C#N)c3)cc(-c3ccccc3)n2)CC1. The monoisotopic (exact) mass is 370 g/mol. The number of hydrogen-bond donors (Lipinski definition) is 1. The van der Waals surface area contributed by atoms with Crippen LogP contribution in [0.5, 0.6) is 0 Å². The van der Waals surface area contributed by atoms with Gasteiger partial charge in [0.05, 0.1) is 17.3 Å². The normalized spacial score (nSPS) is 14.5. The third-order valence-electron chi connectivity index (χ3n) is 4.83. The molecule has 0 unspecified atom stereocenters. The zero-order valence-electron chi connectivity index (χ0n) is 15.8. The zero-order chi connectivity index (χ0) is 19.3. The Bertz CT molecular complexity index is 987. The van der Waals surface area contributed by atoms with Gasteiger partial charge in [-0.3, -0.25) is 0 Å². The molecular formula is C22H22N6. The van der Waals surface area contributed by atoms with Crippen LogP contribution < -0.4 is 10.2 Å². The fraction of sp³-hybridized carbons (Fsp3) is 0.227. The van der Waals surface area contributed by atoms with Gasteiger partial charge in [-0.2, -0.15) is 10.2 Å². The van der Waals surface area contributed by atoms with Gasteiger partial charge in [0.1, 0.15) is 5.82 Å². The van der Waals surface area contributed by atoms with Gasteiger partial charge in [0.2, 0.25) is 5.95 Å². The van der Waals surface area contributed by atoms with Gasteiger partial charge in [-0.15, -0.1) is 0 Å². The van der Waals surface area contributed by atoms with E-state index in [4.69, 9.17) is 15.2 Å². The van der Waals surface area contributed by atoms with Crippen LogP contribution in [0.1, 0.15) is 5.56 Å². The lowest BCUT2D eigenvalue weighted by atomic mass is 10.1. The van der Waals surface area contributed by atoms with Crippen molar-refractivity contribution in [2.75, 3.05) is 43.4 Å². The lowest BCUT2D eigenvalue weighted by Crippen LogP contribution is -2.45. The zero-order valence-corrected chi connectivity index (χ0v) is 15.8. The highest BCUT2D eigenvalue weighted by atomic mass is 15.3. The summed E-state index contributed by atoms with van der Waals surface area (Å²) in [5.41, 5.74) is 3.38. The minimum atomic E-state index is 0.613. The van der Waals surface area contributed by atoms with Crippen LogP contribution in [0, 0.1) is 11.3 Å². The van der Waals surface area contributed by atoms with E-state index >= 15 is 0 Å². The summed E-state index contributed by atoms with van der Waals surface area (Å²) in [6, 6.07) is 21.6.